The number of benzene rings is 1. The van der Waals surface area contributed by atoms with E-state index in [0.717, 1.165) is 16.5 Å². The molecule has 0 aliphatic heterocycles. The van der Waals surface area contributed by atoms with Crippen molar-refractivity contribution in [3.8, 4) is 0 Å². The molecule has 7 heteroatoms. The first-order valence-electron chi connectivity index (χ1n) is 8.23. The minimum absolute atomic E-state index is 0.103. The van der Waals surface area contributed by atoms with Crippen molar-refractivity contribution in [3.05, 3.63) is 36.0 Å². The summed E-state index contributed by atoms with van der Waals surface area (Å²) in [6.45, 7) is 1.46. The van der Waals surface area contributed by atoms with Gasteiger partial charge in [0.15, 0.2) is 5.78 Å². The van der Waals surface area contributed by atoms with E-state index in [-0.39, 0.29) is 24.5 Å². The summed E-state index contributed by atoms with van der Waals surface area (Å²) in [6, 6.07) is 6.60. The highest BCUT2D eigenvalue weighted by Gasteiger charge is 2.24. The molecule has 1 aromatic carbocycles. The number of hydrogen-bond donors (Lipinski definition) is 4. The van der Waals surface area contributed by atoms with E-state index in [1.54, 1.807) is 7.05 Å². The molecule has 7 nitrogen and oxygen atoms in total. The molecule has 1 aromatic heterocycles. The number of ketones is 1. The number of amides is 2. The first-order chi connectivity index (χ1) is 11.9. The lowest BCUT2D eigenvalue weighted by molar-refractivity contribution is -0.128. The van der Waals surface area contributed by atoms with Gasteiger partial charge in [-0.25, -0.2) is 0 Å². The van der Waals surface area contributed by atoms with E-state index in [0.29, 0.717) is 6.42 Å². The zero-order chi connectivity index (χ0) is 18.4. The molecule has 0 unspecified atom stereocenters. The number of nitrogens with two attached hydrogens (primary N) is 1. The molecule has 25 heavy (non-hydrogen) atoms. The van der Waals surface area contributed by atoms with Gasteiger partial charge in [0.05, 0.1) is 12.1 Å². The average molecular weight is 344 g/mol. The third-order valence-corrected chi connectivity index (χ3v) is 4.25. The summed E-state index contributed by atoms with van der Waals surface area (Å²) in [6.07, 6.45) is 2.65. The van der Waals surface area contributed by atoms with Crippen molar-refractivity contribution in [1.82, 2.24) is 15.6 Å². The number of rotatable bonds is 9. The van der Waals surface area contributed by atoms with Crippen LogP contribution in [-0.2, 0) is 20.8 Å². The SMILES string of the molecule is CN[C@@H](CCC(N)=O)C(=O)N[C@@H](Cc1c[nH]c2ccccc12)C(C)=O. The average Bonchev–Trinajstić information content (AvgIpc) is 2.97. The van der Waals surface area contributed by atoms with Crippen molar-refractivity contribution in [3.63, 3.8) is 0 Å². The Balaban J connectivity index is 2.08. The Hall–Kier alpha value is -2.67. The van der Waals surface area contributed by atoms with Crippen LogP contribution in [0.25, 0.3) is 10.9 Å². The summed E-state index contributed by atoms with van der Waals surface area (Å²) in [5.41, 5.74) is 7.09. The lowest BCUT2D eigenvalue weighted by atomic mass is 10.0. The molecule has 2 aromatic rings. The van der Waals surface area contributed by atoms with Crippen LogP contribution in [0, 0.1) is 0 Å². The van der Waals surface area contributed by atoms with Gasteiger partial charge < -0.3 is 21.4 Å². The van der Waals surface area contributed by atoms with Crippen molar-refractivity contribution < 1.29 is 14.4 Å². The van der Waals surface area contributed by atoms with E-state index in [9.17, 15) is 14.4 Å². The maximum absolute atomic E-state index is 12.4. The summed E-state index contributed by atoms with van der Waals surface area (Å²) in [5.74, 6) is -0.901. The Morgan fingerprint density at radius 1 is 1.20 bits per heavy atom. The molecule has 0 fully saturated rings. The maximum atomic E-state index is 12.4. The van der Waals surface area contributed by atoms with Crippen LogP contribution in [-0.4, -0.2) is 41.7 Å². The second-order valence-electron chi connectivity index (χ2n) is 6.08. The highest BCUT2D eigenvalue weighted by Crippen LogP contribution is 2.19. The lowest BCUT2D eigenvalue weighted by Gasteiger charge is -2.20. The van der Waals surface area contributed by atoms with Crippen LogP contribution in [0.2, 0.25) is 0 Å². The van der Waals surface area contributed by atoms with E-state index in [1.807, 2.05) is 30.5 Å². The minimum Gasteiger partial charge on any atom is -0.370 e. The quantitative estimate of drug-likeness (QED) is 0.534. The molecular formula is C18H24N4O3. The maximum Gasteiger partial charge on any atom is 0.237 e. The Morgan fingerprint density at radius 3 is 2.56 bits per heavy atom. The number of aromatic nitrogens is 1. The van der Waals surface area contributed by atoms with Crippen LogP contribution in [0.4, 0.5) is 0 Å². The van der Waals surface area contributed by atoms with Crippen molar-refractivity contribution in [2.45, 2.75) is 38.3 Å². The molecule has 134 valence electrons. The zero-order valence-corrected chi connectivity index (χ0v) is 14.5. The predicted molar refractivity (Wildman–Crippen MR) is 95.9 cm³/mol. The second-order valence-corrected chi connectivity index (χ2v) is 6.08. The Labute approximate surface area is 146 Å². The zero-order valence-electron chi connectivity index (χ0n) is 14.5. The molecule has 2 atom stereocenters. The fourth-order valence-electron chi connectivity index (χ4n) is 2.78. The normalized spacial score (nSPS) is 13.4. The molecule has 0 saturated carbocycles. The molecule has 0 bridgehead atoms. The number of fused-ring (bicyclic) bond motifs is 1. The molecule has 0 spiro atoms. The standard InChI is InChI=1S/C18H24N4O3/c1-11(23)16(22-18(25)15(20-2)7-8-17(19)24)9-12-10-21-14-6-4-3-5-13(12)14/h3-6,10,15-16,20-21H,7-9H2,1-2H3,(H2,19,24)(H,22,25)/t15-,16-/m0/s1. The molecule has 1 heterocycles. The first-order valence-corrected chi connectivity index (χ1v) is 8.23. The van der Waals surface area contributed by atoms with Crippen LogP contribution >= 0.6 is 0 Å². The molecule has 5 N–H and O–H groups in total. The van der Waals surface area contributed by atoms with E-state index in [2.05, 4.69) is 15.6 Å². The summed E-state index contributed by atoms with van der Waals surface area (Å²) in [5, 5.41) is 6.66. The molecule has 0 aliphatic carbocycles. The molecular weight excluding hydrogens is 320 g/mol. The number of carbonyl (C=O) groups is 3. The van der Waals surface area contributed by atoms with Crippen LogP contribution in [0.15, 0.2) is 30.5 Å². The van der Waals surface area contributed by atoms with Gasteiger partial charge in [-0.2, -0.15) is 0 Å². The van der Waals surface area contributed by atoms with Gasteiger partial charge in [0.2, 0.25) is 11.8 Å². The van der Waals surface area contributed by atoms with Gasteiger partial charge in [-0.3, -0.25) is 14.4 Å². The van der Waals surface area contributed by atoms with Crippen LogP contribution in [0.3, 0.4) is 0 Å². The molecule has 2 rings (SSSR count). The number of H-pyrrole nitrogens is 1. The number of Topliss-reactive ketones (excluding diaryl/α,β-unsaturated/α-hetero) is 1. The van der Waals surface area contributed by atoms with Crippen LogP contribution in [0.5, 0.6) is 0 Å². The van der Waals surface area contributed by atoms with Crippen molar-refractivity contribution in [2.75, 3.05) is 7.05 Å². The third-order valence-electron chi connectivity index (χ3n) is 4.25. The van der Waals surface area contributed by atoms with Crippen molar-refractivity contribution in [1.29, 1.82) is 0 Å². The number of aromatic amines is 1. The van der Waals surface area contributed by atoms with Gasteiger partial charge in [0.1, 0.15) is 0 Å². The fraction of sp³-hybridized carbons (Fsp3) is 0.389. The smallest absolute Gasteiger partial charge is 0.237 e. The van der Waals surface area contributed by atoms with Crippen LogP contribution in [0.1, 0.15) is 25.3 Å². The molecule has 0 radical (unpaired) electrons. The number of para-hydroxylation sites is 1. The highest BCUT2D eigenvalue weighted by atomic mass is 16.2. The van der Waals surface area contributed by atoms with Gasteiger partial charge in [-0.1, -0.05) is 18.2 Å². The van der Waals surface area contributed by atoms with Crippen LogP contribution < -0.4 is 16.4 Å². The van der Waals surface area contributed by atoms with Gasteiger partial charge in [-0.15, -0.1) is 0 Å². The van der Waals surface area contributed by atoms with E-state index in [4.69, 9.17) is 5.73 Å². The third kappa shape index (κ3) is 4.90. The summed E-state index contributed by atoms with van der Waals surface area (Å²) in [4.78, 5) is 38.5. The Kier molecular flexibility index (Phi) is 6.30. The van der Waals surface area contributed by atoms with E-state index >= 15 is 0 Å². The topological polar surface area (TPSA) is 117 Å². The van der Waals surface area contributed by atoms with E-state index in [1.165, 1.54) is 6.92 Å². The predicted octanol–water partition coefficient (Wildman–Crippen LogP) is 0.638. The van der Waals surface area contributed by atoms with Gasteiger partial charge in [-0.05, 0) is 32.0 Å². The Bertz CT molecular complexity index is 769. The van der Waals surface area contributed by atoms with Crippen molar-refractivity contribution in [2.24, 2.45) is 5.73 Å². The monoisotopic (exact) mass is 344 g/mol. The number of primary amides is 1. The second kappa shape index (κ2) is 8.43. The summed E-state index contributed by atoms with van der Waals surface area (Å²) < 4.78 is 0. The first kappa shape index (κ1) is 18.7. The number of likely N-dealkylation sites (N-methyl/N-ethyl adjacent to an activating group) is 1. The lowest BCUT2D eigenvalue weighted by Crippen LogP contribution is -2.50. The minimum atomic E-state index is -0.629. The largest absolute Gasteiger partial charge is 0.370 e. The molecule has 0 aliphatic rings. The number of hydrogen-bond acceptors (Lipinski definition) is 4. The fourth-order valence-corrected chi connectivity index (χ4v) is 2.78. The molecule has 2 amide bonds. The summed E-state index contributed by atoms with van der Waals surface area (Å²) in [7, 11) is 1.63. The van der Waals surface area contributed by atoms with Gasteiger partial charge >= 0.3 is 0 Å². The number of nitrogens with one attached hydrogen (secondary N) is 3. The highest BCUT2D eigenvalue weighted by molar-refractivity contribution is 5.91. The van der Waals surface area contributed by atoms with E-state index < -0.39 is 18.0 Å². The number of carbonyl (C=O) groups excluding carboxylic acids is 3. The molecule has 0 saturated heterocycles. The summed E-state index contributed by atoms with van der Waals surface area (Å²) >= 11 is 0. The van der Waals surface area contributed by atoms with Gasteiger partial charge in [0, 0.05) is 29.9 Å². The Morgan fingerprint density at radius 2 is 1.92 bits per heavy atom. The van der Waals surface area contributed by atoms with Gasteiger partial charge in [0.25, 0.3) is 0 Å². The van der Waals surface area contributed by atoms with Crippen molar-refractivity contribution >= 4 is 28.5 Å².